The smallest absolute Gasteiger partial charge is 0.287 e. The Balaban J connectivity index is 1.98. The number of carbonyl (C=O) groups excluding carboxylic acids is 2. The van der Waals surface area contributed by atoms with E-state index in [1.54, 1.807) is 0 Å². The fraction of sp³-hybridized carbons (Fsp3) is 0.0667. The highest BCUT2D eigenvalue weighted by atomic mass is 19.4. The zero-order chi connectivity index (χ0) is 17.1. The van der Waals surface area contributed by atoms with Gasteiger partial charge in [0.05, 0.1) is 40.1 Å². The van der Waals surface area contributed by atoms with E-state index in [4.69, 9.17) is 0 Å². The lowest BCUT2D eigenvalue weighted by atomic mass is 9.92. The normalized spacial score (nSPS) is 13.8. The van der Waals surface area contributed by atoms with Crippen LogP contribution in [0, 0.1) is 0 Å². The van der Waals surface area contributed by atoms with E-state index in [0.717, 1.165) is 30.6 Å². The monoisotopic (exact) mass is 330 g/mol. The molecule has 0 atom stereocenters. The number of fused-ring (bicyclic) bond motifs is 3. The Labute approximate surface area is 131 Å². The van der Waals surface area contributed by atoms with Crippen molar-refractivity contribution in [3.63, 3.8) is 0 Å². The molecule has 2 heterocycles. The first-order valence-electron chi connectivity index (χ1n) is 6.65. The number of ketones is 2. The molecule has 24 heavy (non-hydrogen) atoms. The molecule has 118 valence electrons. The van der Waals surface area contributed by atoms with Gasteiger partial charge < -0.3 is 0 Å². The Bertz CT molecular complexity index is 1050. The van der Waals surface area contributed by atoms with Crippen LogP contribution in [0.2, 0.25) is 0 Å². The van der Waals surface area contributed by atoms with Gasteiger partial charge in [-0.25, -0.2) is 9.97 Å². The van der Waals surface area contributed by atoms with E-state index in [1.807, 2.05) is 0 Å². The average Bonchev–Trinajstić information content (AvgIpc) is 2.57. The minimum Gasteiger partial charge on any atom is -0.287 e. The van der Waals surface area contributed by atoms with Gasteiger partial charge in [0.25, 0.3) is 0 Å². The Morgan fingerprint density at radius 2 is 1.33 bits per heavy atom. The van der Waals surface area contributed by atoms with E-state index in [2.05, 4.69) is 20.2 Å². The number of rotatable bonds is 0. The predicted molar refractivity (Wildman–Crippen MR) is 73.4 cm³/mol. The zero-order valence-electron chi connectivity index (χ0n) is 11.6. The maximum Gasteiger partial charge on any atom is 0.416 e. The third kappa shape index (κ3) is 1.98. The van der Waals surface area contributed by atoms with Gasteiger partial charge >= 0.3 is 6.18 Å². The summed E-state index contributed by atoms with van der Waals surface area (Å²) in [6.07, 6.45) is -2.28. The number of carbonyl (C=O) groups is 2. The second-order valence-electron chi connectivity index (χ2n) is 5.10. The molecule has 9 heteroatoms. The largest absolute Gasteiger partial charge is 0.416 e. The zero-order valence-corrected chi connectivity index (χ0v) is 11.6. The van der Waals surface area contributed by atoms with E-state index < -0.39 is 23.3 Å². The van der Waals surface area contributed by atoms with Crippen molar-refractivity contribution in [1.82, 2.24) is 20.2 Å². The molecule has 0 bridgehead atoms. The molecule has 1 aromatic carbocycles. The fourth-order valence-electron chi connectivity index (χ4n) is 2.49. The van der Waals surface area contributed by atoms with Crippen molar-refractivity contribution in [3.05, 3.63) is 58.7 Å². The molecule has 0 saturated carbocycles. The maximum atomic E-state index is 12.8. The molecule has 0 spiro atoms. The molecule has 1 aliphatic carbocycles. The van der Waals surface area contributed by atoms with Crippen LogP contribution in [0.3, 0.4) is 0 Å². The molecule has 6 nitrogen and oxygen atoms in total. The van der Waals surface area contributed by atoms with Crippen LogP contribution in [0.15, 0.2) is 30.6 Å². The average molecular weight is 330 g/mol. The third-order valence-corrected chi connectivity index (χ3v) is 3.64. The van der Waals surface area contributed by atoms with Crippen molar-refractivity contribution < 1.29 is 22.8 Å². The summed E-state index contributed by atoms with van der Waals surface area (Å²) in [6, 6.07) is 2.75. The molecule has 0 aliphatic heterocycles. The third-order valence-electron chi connectivity index (χ3n) is 3.64. The van der Waals surface area contributed by atoms with E-state index in [0.29, 0.717) is 0 Å². The summed E-state index contributed by atoms with van der Waals surface area (Å²) in [5, 5.41) is 7.11. The van der Waals surface area contributed by atoms with Crippen molar-refractivity contribution in [2.45, 2.75) is 6.18 Å². The van der Waals surface area contributed by atoms with Gasteiger partial charge in [0, 0.05) is 0 Å². The van der Waals surface area contributed by atoms with Gasteiger partial charge in [0.15, 0.2) is 0 Å². The molecule has 0 radical (unpaired) electrons. The molecule has 0 unspecified atom stereocenters. The summed E-state index contributed by atoms with van der Waals surface area (Å²) >= 11 is 0. The molecule has 0 N–H and O–H groups in total. The number of halogens is 3. The molecular weight excluding hydrogens is 325 g/mol. The van der Waals surface area contributed by atoms with Gasteiger partial charge in [-0.15, -0.1) is 0 Å². The van der Waals surface area contributed by atoms with Crippen molar-refractivity contribution in [2.75, 3.05) is 0 Å². The highest BCUT2D eigenvalue weighted by Crippen LogP contribution is 2.32. The number of benzene rings is 1. The minimum absolute atomic E-state index is 0.00289. The van der Waals surface area contributed by atoms with Crippen LogP contribution in [0.5, 0.6) is 0 Å². The lowest BCUT2D eigenvalue weighted by Crippen LogP contribution is -2.24. The van der Waals surface area contributed by atoms with Gasteiger partial charge in [-0.05, 0) is 18.2 Å². The van der Waals surface area contributed by atoms with Crippen LogP contribution in [-0.2, 0) is 6.18 Å². The minimum atomic E-state index is -4.55. The van der Waals surface area contributed by atoms with E-state index in [-0.39, 0.29) is 33.5 Å². The van der Waals surface area contributed by atoms with Crippen molar-refractivity contribution >= 4 is 22.6 Å². The molecule has 0 saturated heterocycles. The van der Waals surface area contributed by atoms with Crippen LogP contribution in [0.4, 0.5) is 13.2 Å². The first kappa shape index (κ1) is 14.4. The first-order valence-corrected chi connectivity index (χ1v) is 6.65. The highest BCUT2D eigenvalue weighted by molar-refractivity contribution is 6.27. The van der Waals surface area contributed by atoms with Crippen LogP contribution in [0.25, 0.3) is 11.0 Å². The molecule has 0 amide bonds. The van der Waals surface area contributed by atoms with Gasteiger partial charge in [-0.3, -0.25) is 9.59 Å². The molecule has 1 aliphatic rings. The van der Waals surface area contributed by atoms with Crippen LogP contribution in [0.1, 0.15) is 37.7 Å². The van der Waals surface area contributed by atoms with E-state index in [1.165, 1.54) is 0 Å². The van der Waals surface area contributed by atoms with Crippen molar-refractivity contribution in [1.29, 1.82) is 0 Å². The van der Waals surface area contributed by atoms with Gasteiger partial charge in [0.1, 0.15) is 11.4 Å². The SMILES string of the molecule is O=C1c2cnncc2C(=O)c2nc3cc(C(F)(F)F)ccc3nc21. The van der Waals surface area contributed by atoms with Gasteiger partial charge in [0.2, 0.25) is 11.6 Å². The maximum absolute atomic E-state index is 12.8. The summed E-state index contributed by atoms with van der Waals surface area (Å²) in [4.78, 5) is 32.8. The van der Waals surface area contributed by atoms with Crippen molar-refractivity contribution in [3.8, 4) is 0 Å². The Morgan fingerprint density at radius 3 is 1.88 bits per heavy atom. The van der Waals surface area contributed by atoms with Crippen LogP contribution >= 0.6 is 0 Å². The molecular formula is C15H5F3N4O2. The van der Waals surface area contributed by atoms with Crippen molar-refractivity contribution in [2.24, 2.45) is 0 Å². The van der Waals surface area contributed by atoms with E-state index >= 15 is 0 Å². The molecule has 0 fully saturated rings. The number of nitrogens with zero attached hydrogens (tertiary/aromatic N) is 4. The Kier molecular flexibility index (Phi) is 2.77. The van der Waals surface area contributed by atoms with Crippen LogP contribution in [-0.4, -0.2) is 31.7 Å². The lowest BCUT2D eigenvalue weighted by molar-refractivity contribution is -0.137. The molecule has 2 aromatic heterocycles. The van der Waals surface area contributed by atoms with Gasteiger partial charge in [-0.2, -0.15) is 23.4 Å². The summed E-state index contributed by atoms with van der Waals surface area (Å²) < 4.78 is 38.4. The number of hydrogen-bond donors (Lipinski definition) is 0. The standard InChI is InChI=1S/C15H5F3N4O2/c16-15(17,18)6-1-2-9-10(3-6)22-12-11(21-9)13(23)7-4-19-20-5-8(7)14(12)24/h1-5H. The number of alkyl halides is 3. The van der Waals surface area contributed by atoms with Crippen LogP contribution < -0.4 is 0 Å². The summed E-state index contributed by atoms with van der Waals surface area (Å²) in [7, 11) is 0. The first-order chi connectivity index (χ1) is 11.4. The second kappa shape index (κ2) is 4.63. The number of aromatic nitrogens is 4. The molecule has 4 rings (SSSR count). The van der Waals surface area contributed by atoms with E-state index in [9.17, 15) is 22.8 Å². The van der Waals surface area contributed by atoms with Gasteiger partial charge in [-0.1, -0.05) is 0 Å². The second-order valence-corrected chi connectivity index (χ2v) is 5.10. The topological polar surface area (TPSA) is 85.7 Å². The Hall–Kier alpha value is -3.23. The predicted octanol–water partition coefficient (Wildman–Crippen LogP) is 2.21. The number of hydrogen-bond acceptors (Lipinski definition) is 6. The Morgan fingerprint density at radius 1 is 0.792 bits per heavy atom. The highest BCUT2D eigenvalue weighted by Gasteiger charge is 2.34. The quantitative estimate of drug-likeness (QED) is 0.491. The lowest BCUT2D eigenvalue weighted by Gasteiger charge is -2.15. The summed E-state index contributed by atoms with van der Waals surface area (Å²) in [5.74, 6) is -1.19. The summed E-state index contributed by atoms with van der Waals surface area (Å²) in [6.45, 7) is 0. The fourth-order valence-corrected chi connectivity index (χ4v) is 2.49. The molecule has 3 aromatic rings. The summed E-state index contributed by atoms with van der Waals surface area (Å²) in [5.41, 5.74) is -1.38.